The minimum atomic E-state index is 0.182. The summed E-state index contributed by atoms with van der Waals surface area (Å²) in [6, 6.07) is 15.5. The van der Waals surface area contributed by atoms with Crippen molar-refractivity contribution < 1.29 is 0 Å². The molecule has 0 aliphatic carbocycles. The molecule has 2 aromatic carbocycles. The Bertz CT molecular complexity index is 835. The van der Waals surface area contributed by atoms with Crippen LogP contribution in [0.4, 0.5) is 0 Å². The second-order valence-corrected chi connectivity index (χ2v) is 9.83. The fourth-order valence-electron chi connectivity index (χ4n) is 3.75. The van der Waals surface area contributed by atoms with E-state index in [0.29, 0.717) is 5.92 Å². The van der Waals surface area contributed by atoms with E-state index >= 15 is 0 Å². The molecule has 0 aliphatic rings. The summed E-state index contributed by atoms with van der Waals surface area (Å²) in [6.07, 6.45) is 11.3. The van der Waals surface area contributed by atoms with Crippen LogP contribution in [-0.2, 0) is 12.8 Å². The summed E-state index contributed by atoms with van der Waals surface area (Å²) in [6.45, 7) is 27.0. The summed E-state index contributed by atoms with van der Waals surface area (Å²) in [5, 5.41) is 0. The second kappa shape index (κ2) is 17.9. The van der Waals surface area contributed by atoms with Crippen molar-refractivity contribution in [3.05, 3.63) is 95.6 Å². The largest absolute Gasteiger partial charge is 0.309 e. The standard InChI is InChI=1S/C18H29N.C11H16.C2H4.C2H2/c1-14-9-8-10-17(16(14)3)12-11-15(2)18(4,5)13-19(6)7;1-4-10-5-7-11(8-6-10)9(2)3;2*1-2/h8-10H,2,11-13H2,1,3-7H3;5-9H,4H2,1-3H3;1-2H2;1-2H. The zero-order valence-corrected chi connectivity index (χ0v) is 23.7. The normalized spacial score (nSPS) is 10.3. The number of aryl methyl sites for hydroxylation is 3. The molecule has 0 heterocycles. The molecule has 1 nitrogen and oxygen atoms in total. The van der Waals surface area contributed by atoms with Gasteiger partial charge in [0.05, 0.1) is 0 Å². The Balaban J connectivity index is 0. The van der Waals surface area contributed by atoms with E-state index in [1.54, 1.807) is 0 Å². The Morgan fingerprint density at radius 3 is 1.94 bits per heavy atom. The van der Waals surface area contributed by atoms with E-state index in [1.165, 1.54) is 33.4 Å². The molecule has 188 valence electrons. The van der Waals surface area contributed by atoms with Crippen LogP contribution in [0.2, 0.25) is 0 Å². The summed E-state index contributed by atoms with van der Waals surface area (Å²) in [5.74, 6) is 0.654. The van der Waals surface area contributed by atoms with E-state index in [2.05, 4.69) is 143 Å². The van der Waals surface area contributed by atoms with Crippen LogP contribution in [0.15, 0.2) is 67.8 Å². The van der Waals surface area contributed by atoms with E-state index in [9.17, 15) is 0 Å². The Hall–Kier alpha value is -2.56. The lowest BCUT2D eigenvalue weighted by atomic mass is 9.81. The maximum absolute atomic E-state index is 4.32. The SMILES string of the molecule is C#C.C=C.C=C(CCc1cccc(C)c1C)C(C)(C)CN(C)C.CCc1ccc(C(C)C)cc1. The van der Waals surface area contributed by atoms with E-state index in [-0.39, 0.29) is 5.41 Å². The summed E-state index contributed by atoms with van der Waals surface area (Å²) >= 11 is 0. The summed E-state index contributed by atoms with van der Waals surface area (Å²) < 4.78 is 0. The highest BCUT2D eigenvalue weighted by Gasteiger charge is 2.22. The first-order valence-electron chi connectivity index (χ1n) is 12.3. The number of terminal acetylenes is 1. The Kier molecular flexibility index (Phi) is 17.7. The Morgan fingerprint density at radius 2 is 1.50 bits per heavy atom. The first-order valence-corrected chi connectivity index (χ1v) is 12.3. The lowest BCUT2D eigenvalue weighted by Gasteiger charge is -2.31. The van der Waals surface area contributed by atoms with Crippen molar-refractivity contribution >= 4 is 0 Å². The first kappa shape index (κ1) is 33.6. The van der Waals surface area contributed by atoms with Crippen molar-refractivity contribution in [1.29, 1.82) is 0 Å². The number of rotatable bonds is 8. The number of benzene rings is 2. The predicted molar refractivity (Wildman–Crippen MR) is 157 cm³/mol. The van der Waals surface area contributed by atoms with Crippen LogP contribution in [0, 0.1) is 32.1 Å². The van der Waals surface area contributed by atoms with Crippen molar-refractivity contribution in [3.8, 4) is 12.8 Å². The quantitative estimate of drug-likeness (QED) is 0.280. The minimum Gasteiger partial charge on any atom is -0.309 e. The zero-order valence-electron chi connectivity index (χ0n) is 23.7. The zero-order chi connectivity index (χ0) is 26.9. The van der Waals surface area contributed by atoms with Crippen molar-refractivity contribution in [2.75, 3.05) is 20.6 Å². The van der Waals surface area contributed by atoms with E-state index < -0.39 is 0 Å². The second-order valence-electron chi connectivity index (χ2n) is 9.83. The van der Waals surface area contributed by atoms with E-state index in [4.69, 9.17) is 0 Å². The van der Waals surface area contributed by atoms with Gasteiger partial charge in [-0.15, -0.1) is 26.0 Å². The summed E-state index contributed by atoms with van der Waals surface area (Å²) in [7, 11) is 4.25. The summed E-state index contributed by atoms with van der Waals surface area (Å²) in [4.78, 5) is 2.24. The molecule has 0 unspecified atom stereocenters. The predicted octanol–water partition coefficient (Wildman–Crippen LogP) is 8.80. The maximum Gasteiger partial charge on any atom is 0.00638 e. The molecule has 2 rings (SSSR count). The molecule has 0 radical (unpaired) electrons. The molecule has 2 aromatic rings. The Morgan fingerprint density at radius 1 is 0.971 bits per heavy atom. The average Bonchev–Trinajstić information content (AvgIpc) is 2.82. The smallest absolute Gasteiger partial charge is 0.00638 e. The van der Waals surface area contributed by atoms with Gasteiger partial charge in [-0.1, -0.05) is 89.2 Å². The third-order valence-electron chi connectivity index (χ3n) is 6.14. The van der Waals surface area contributed by atoms with Crippen LogP contribution >= 0.6 is 0 Å². The van der Waals surface area contributed by atoms with Crippen LogP contribution in [0.1, 0.15) is 74.8 Å². The maximum atomic E-state index is 4.32. The van der Waals surface area contributed by atoms with Gasteiger partial charge < -0.3 is 4.90 Å². The van der Waals surface area contributed by atoms with Gasteiger partial charge in [0.2, 0.25) is 0 Å². The molecule has 0 N–H and O–H groups in total. The van der Waals surface area contributed by atoms with Crippen LogP contribution in [0.25, 0.3) is 0 Å². The molecule has 0 fully saturated rings. The van der Waals surface area contributed by atoms with Gasteiger partial charge in [-0.2, -0.15) is 0 Å². The van der Waals surface area contributed by atoms with Crippen molar-refractivity contribution in [2.24, 2.45) is 5.41 Å². The monoisotopic (exact) mass is 461 g/mol. The molecular weight excluding hydrogens is 410 g/mol. The molecule has 0 bridgehead atoms. The van der Waals surface area contributed by atoms with Crippen LogP contribution in [0.3, 0.4) is 0 Å². The number of nitrogens with zero attached hydrogens (tertiary/aromatic N) is 1. The van der Waals surface area contributed by atoms with Gasteiger partial charge in [0.25, 0.3) is 0 Å². The molecule has 0 spiro atoms. The van der Waals surface area contributed by atoms with Gasteiger partial charge in [-0.05, 0) is 86.4 Å². The van der Waals surface area contributed by atoms with Crippen molar-refractivity contribution in [3.63, 3.8) is 0 Å². The molecule has 34 heavy (non-hydrogen) atoms. The van der Waals surface area contributed by atoms with Crippen LogP contribution < -0.4 is 0 Å². The highest BCUT2D eigenvalue weighted by Crippen LogP contribution is 2.29. The van der Waals surface area contributed by atoms with Gasteiger partial charge in [0, 0.05) is 6.54 Å². The molecule has 0 aliphatic heterocycles. The van der Waals surface area contributed by atoms with Crippen LogP contribution in [-0.4, -0.2) is 25.5 Å². The topological polar surface area (TPSA) is 3.24 Å². The highest BCUT2D eigenvalue weighted by atomic mass is 15.1. The fourth-order valence-corrected chi connectivity index (χ4v) is 3.75. The van der Waals surface area contributed by atoms with Crippen molar-refractivity contribution in [1.82, 2.24) is 4.90 Å². The summed E-state index contributed by atoms with van der Waals surface area (Å²) in [5.41, 5.74) is 8.67. The van der Waals surface area contributed by atoms with Crippen molar-refractivity contribution in [2.45, 2.75) is 73.6 Å². The molecule has 0 amide bonds. The molecule has 0 aromatic heterocycles. The third-order valence-corrected chi connectivity index (χ3v) is 6.14. The molecule has 0 saturated carbocycles. The lowest BCUT2D eigenvalue weighted by Crippen LogP contribution is -2.30. The van der Waals surface area contributed by atoms with Gasteiger partial charge in [-0.25, -0.2) is 0 Å². The van der Waals surface area contributed by atoms with Gasteiger partial charge in [-0.3, -0.25) is 0 Å². The number of hydrogen-bond donors (Lipinski definition) is 0. The third kappa shape index (κ3) is 12.6. The molecule has 1 heteroatoms. The molecule has 0 atom stereocenters. The van der Waals surface area contributed by atoms with Gasteiger partial charge >= 0.3 is 0 Å². The molecule has 0 saturated heterocycles. The first-order chi connectivity index (χ1) is 16.0. The fraction of sp³-hybridized carbons (Fsp3) is 0.455. The molecular formula is C33H51N. The Labute approximate surface area is 213 Å². The lowest BCUT2D eigenvalue weighted by molar-refractivity contribution is 0.275. The highest BCUT2D eigenvalue weighted by molar-refractivity contribution is 5.33. The van der Waals surface area contributed by atoms with Gasteiger partial charge in [0.1, 0.15) is 0 Å². The average molecular weight is 462 g/mol. The van der Waals surface area contributed by atoms with E-state index in [0.717, 1.165) is 25.8 Å². The van der Waals surface area contributed by atoms with Crippen LogP contribution in [0.5, 0.6) is 0 Å². The number of hydrogen-bond acceptors (Lipinski definition) is 1. The van der Waals surface area contributed by atoms with Gasteiger partial charge in [0.15, 0.2) is 0 Å². The van der Waals surface area contributed by atoms with E-state index in [1.807, 2.05) is 0 Å². The minimum absolute atomic E-state index is 0.182.